The van der Waals surface area contributed by atoms with Crippen LogP contribution in [-0.2, 0) is 6.42 Å². The molecule has 4 nitrogen and oxygen atoms in total. The Morgan fingerprint density at radius 2 is 2.21 bits per heavy atom. The molecule has 0 amide bonds. The zero-order valence-corrected chi connectivity index (χ0v) is 7.86. The summed E-state index contributed by atoms with van der Waals surface area (Å²) in [7, 11) is -1.42. The first-order chi connectivity index (χ1) is 6.70. The highest BCUT2D eigenvalue weighted by Crippen LogP contribution is 2.09. The minimum Gasteiger partial charge on any atom is -0.423 e. The van der Waals surface area contributed by atoms with Crippen LogP contribution in [0.5, 0.6) is 0 Å². The number of aryl methyl sites for hydroxylation is 1. The lowest BCUT2D eigenvalue weighted by Crippen LogP contribution is -2.29. The summed E-state index contributed by atoms with van der Waals surface area (Å²) >= 11 is 0. The first-order valence-corrected chi connectivity index (χ1v) is 4.55. The molecule has 0 aliphatic rings. The maximum absolute atomic E-state index is 8.97. The first-order valence-electron chi connectivity index (χ1n) is 4.55. The third-order valence-corrected chi connectivity index (χ3v) is 2.19. The molecular formula is C9H11BN2O2. The molecule has 2 aromatic rings. The molecule has 3 N–H and O–H groups in total. The van der Waals surface area contributed by atoms with Gasteiger partial charge in [0.2, 0.25) is 0 Å². The van der Waals surface area contributed by atoms with Crippen molar-refractivity contribution in [1.29, 1.82) is 0 Å². The molecule has 14 heavy (non-hydrogen) atoms. The SMILES string of the molecule is CCc1nc2ccc(B(O)O)cc2[nH]1. The van der Waals surface area contributed by atoms with Crippen LogP contribution in [0.1, 0.15) is 12.7 Å². The van der Waals surface area contributed by atoms with Gasteiger partial charge in [-0.3, -0.25) is 0 Å². The van der Waals surface area contributed by atoms with Gasteiger partial charge < -0.3 is 15.0 Å². The number of rotatable bonds is 2. The van der Waals surface area contributed by atoms with Crippen LogP contribution in [0.2, 0.25) is 0 Å². The summed E-state index contributed by atoms with van der Waals surface area (Å²) in [5.74, 6) is 0.907. The predicted molar refractivity (Wildman–Crippen MR) is 55.3 cm³/mol. The van der Waals surface area contributed by atoms with Crippen molar-refractivity contribution in [1.82, 2.24) is 9.97 Å². The van der Waals surface area contributed by atoms with E-state index in [2.05, 4.69) is 9.97 Å². The summed E-state index contributed by atoms with van der Waals surface area (Å²) in [5.41, 5.74) is 2.17. The number of nitrogens with one attached hydrogen (secondary N) is 1. The Morgan fingerprint density at radius 1 is 1.43 bits per heavy atom. The summed E-state index contributed by atoms with van der Waals surface area (Å²) in [4.78, 5) is 7.42. The van der Waals surface area contributed by atoms with Crippen molar-refractivity contribution in [2.24, 2.45) is 0 Å². The van der Waals surface area contributed by atoms with Gasteiger partial charge in [0.05, 0.1) is 11.0 Å². The molecule has 1 heterocycles. The van der Waals surface area contributed by atoms with Gasteiger partial charge in [-0.2, -0.15) is 0 Å². The van der Waals surface area contributed by atoms with Crippen molar-refractivity contribution in [2.45, 2.75) is 13.3 Å². The first kappa shape index (κ1) is 9.24. The van der Waals surface area contributed by atoms with Crippen molar-refractivity contribution in [3.05, 3.63) is 24.0 Å². The van der Waals surface area contributed by atoms with Crippen LogP contribution in [0.4, 0.5) is 0 Å². The molecule has 0 atom stereocenters. The lowest BCUT2D eigenvalue weighted by molar-refractivity contribution is 0.426. The molecule has 0 radical (unpaired) electrons. The summed E-state index contributed by atoms with van der Waals surface area (Å²) in [6, 6.07) is 5.14. The fraction of sp³-hybridized carbons (Fsp3) is 0.222. The second-order valence-electron chi connectivity index (χ2n) is 3.19. The third kappa shape index (κ3) is 1.52. The molecule has 0 bridgehead atoms. The smallest absolute Gasteiger partial charge is 0.423 e. The number of imidazole rings is 1. The molecule has 0 spiro atoms. The van der Waals surface area contributed by atoms with E-state index in [-0.39, 0.29) is 0 Å². The van der Waals surface area contributed by atoms with Crippen molar-refractivity contribution in [3.8, 4) is 0 Å². The number of nitrogens with zero attached hydrogens (tertiary/aromatic N) is 1. The van der Waals surface area contributed by atoms with E-state index in [1.54, 1.807) is 18.2 Å². The average Bonchev–Trinajstić information content (AvgIpc) is 2.58. The highest BCUT2D eigenvalue weighted by molar-refractivity contribution is 6.58. The number of hydrogen-bond donors (Lipinski definition) is 3. The predicted octanol–water partition coefficient (Wildman–Crippen LogP) is -0.195. The fourth-order valence-corrected chi connectivity index (χ4v) is 1.41. The van der Waals surface area contributed by atoms with Gasteiger partial charge in [0.25, 0.3) is 0 Å². The summed E-state index contributed by atoms with van der Waals surface area (Å²) in [6.07, 6.45) is 0.839. The molecule has 0 fully saturated rings. The normalized spacial score (nSPS) is 10.8. The van der Waals surface area contributed by atoms with Gasteiger partial charge in [-0.05, 0) is 17.6 Å². The average molecular weight is 190 g/mol. The molecule has 5 heteroatoms. The molecule has 0 saturated carbocycles. The third-order valence-electron chi connectivity index (χ3n) is 2.19. The van der Waals surface area contributed by atoms with E-state index in [0.717, 1.165) is 23.3 Å². The van der Waals surface area contributed by atoms with E-state index in [1.807, 2.05) is 6.92 Å². The van der Waals surface area contributed by atoms with Gasteiger partial charge in [-0.15, -0.1) is 0 Å². The maximum atomic E-state index is 8.97. The second-order valence-corrected chi connectivity index (χ2v) is 3.19. The van der Waals surface area contributed by atoms with E-state index in [4.69, 9.17) is 10.0 Å². The topological polar surface area (TPSA) is 69.1 Å². The van der Waals surface area contributed by atoms with Crippen LogP contribution < -0.4 is 5.46 Å². The zero-order valence-electron chi connectivity index (χ0n) is 7.86. The van der Waals surface area contributed by atoms with Crippen molar-refractivity contribution < 1.29 is 10.0 Å². The minimum atomic E-state index is -1.42. The Labute approximate surface area is 81.8 Å². The summed E-state index contributed by atoms with van der Waals surface area (Å²) in [5, 5.41) is 17.9. The van der Waals surface area contributed by atoms with E-state index in [1.165, 1.54) is 0 Å². The highest BCUT2D eigenvalue weighted by atomic mass is 16.4. The van der Waals surface area contributed by atoms with Crippen molar-refractivity contribution in [2.75, 3.05) is 0 Å². The standard InChI is InChI=1S/C9H11BN2O2/c1-2-9-11-7-4-3-6(10(13)14)5-8(7)12-9/h3-5,13-14H,2H2,1H3,(H,11,12). The van der Waals surface area contributed by atoms with Crippen LogP contribution in [0.25, 0.3) is 11.0 Å². The van der Waals surface area contributed by atoms with Gasteiger partial charge in [0, 0.05) is 6.42 Å². The lowest BCUT2D eigenvalue weighted by atomic mass is 9.80. The lowest BCUT2D eigenvalue weighted by Gasteiger charge is -1.97. The van der Waals surface area contributed by atoms with Crippen LogP contribution in [-0.4, -0.2) is 27.1 Å². The quantitative estimate of drug-likeness (QED) is 0.574. The molecule has 0 aliphatic heterocycles. The second kappa shape index (κ2) is 3.44. The Hall–Kier alpha value is -1.33. The monoisotopic (exact) mass is 190 g/mol. The Balaban J connectivity index is 2.54. The fourth-order valence-electron chi connectivity index (χ4n) is 1.41. The van der Waals surface area contributed by atoms with Crippen LogP contribution in [0, 0.1) is 0 Å². The van der Waals surface area contributed by atoms with E-state index in [0.29, 0.717) is 5.46 Å². The molecular weight excluding hydrogens is 179 g/mol. The number of aromatic nitrogens is 2. The van der Waals surface area contributed by atoms with Crippen LogP contribution >= 0.6 is 0 Å². The van der Waals surface area contributed by atoms with Crippen molar-refractivity contribution >= 4 is 23.6 Å². The Morgan fingerprint density at radius 3 is 2.86 bits per heavy atom. The van der Waals surface area contributed by atoms with E-state index >= 15 is 0 Å². The molecule has 72 valence electrons. The van der Waals surface area contributed by atoms with Gasteiger partial charge in [0.1, 0.15) is 5.82 Å². The van der Waals surface area contributed by atoms with Crippen LogP contribution in [0.15, 0.2) is 18.2 Å². The highest BCUT2D eigenvalue weighted by Gasteiger charge is 2.11. The van der Waals surface area contributed by atoms with Gasteiger partial charge in [-0.25, -0.2) is 4.98 Å². The Bertz CT molecular complexity index is 453. The number of fused-ring (bicyclic) bond motifs is 1. The zero-order chi connectivity index (χ0) is 10.1. The number of benzene rings is 1. The summed E-state index contributed by atoms with van der Waals surface area (Å²) in [6.45, 7) is 2.01. The minimum absolute atomic E-state index is 0.476. The molecule has 0 aliphatic carbocycles. The van der Waals surface area contributed by atoms with Crippen LogP contribution in [0.3, 0.4) is 0 Å². The molecule has 0 unspecified atom stereocenters. The maximum Gasteiger partial charge on any atom is 0.488 e. The van der Waals surface area contributed by atoms with E-state index in [9.17, 15) is 0 Å². The molecule has 1 aromatic carbocycles. The largest absolute Gasteiger partial charge is 0.488 e. The molecule has 0 saturated heterocycles. The van der Waals surface area contributed by atoms with Gasteiger partial charge >= 0.3 is 7.12 Å². The van der Waals surface area contributed by atoms with Crippen molar-refractivity contribution in [3.63, 3.8) is 0 Å². The van der Waals surface area contributed by atoms with Gasteiger partial charge in [0.15, 0.2) is 0 Å². The number of H-pyrrole nitrogens is 1. The Kier molecular flexibility index (Phi) is 2.27. The number of aromatic amines is 1. The number of hydrogen-bond acceptors (Lipinski definition) is 3. The molecule has 2 rings (SSSR count). The van der Waals surface area contributed by atoms with Gasteiger partial charge in [-0.1, -0.05) is 13.0 Å². The van der Waals surface area contributed by atoms with E-state index < -0.39 is 7.12 Å². The molecule has 1 aromatic heterocycles. The summed E-state index contributed by atoms with van der Waals surface area (Å²) < 4.78 is 0.